The molecule has 4 nitrogen and oxygen atoms in total. The Morgan fingerprint density at radius 3 is 2.64 bits per heavy atom. The number of rotatable bonds is 7. The number of hydrogen-bond donors (Lipinski definition) is 2. The number of nitrogens with one attached hydrogen (secondary N) is 2. The van der Waals surface area contributed by atoms with Crippen molar-refractivity contribution in [2.75, 3.05) is 19.7 Å². The highest BCUT2D eigenvalue weighted by Gasteiger charge is 2.30. The summed E-state index contributed by atoms with van der Waals surface area (Å²) < 4.78 is 42.6. The van der Waals surface area contributed by atoms with Crippen LogP contribution in [-0.4, -0.2) is 31.6 Å². The Balaban J connectivity index is 0.00000441. The molecule has 0 heterocycles. The topological polar surface area (TPSA) is 50.4 Å². The molecule has 0 saturated carbocycles. The van der Waals surface area contributed by atoms with Gasteiger partial charge >= 0.3 is 6.18 Å². The Labute approximate surface area is 133 Å². The Morgan fingerprint density at radius 1 is 1.36 bits per heavy atom. The van der Waals surface area contributed by atoms with Crippen LogP contribution in [0.25, 0.3) is 0 Å². The maximum absolute atomic E-state index is 12.5. The van der Waals surface area contributed by atoms with Crippen LogP contribution in [0.1, 0.15) is 19.4 Å². The third kappa shape index (κ3) is 7.51. The third-order valence-corrected chi connectivity index (χ3v) is 2.69. The van der Waals surface area contributed by atoms with Gasteiger partial charge in [-0.1, -0.05) is 13.0 Å². The van der Waals surface area contributed by atoms with Crippen LogP contribution in [0.2, 0.25) is 0 Å². The molecule has 0 unspecified atom stereocenters. The number of amides is 1. The number of carbonyl (C=O) groups is 1. The first kappa shape index (κ1) is 20.5. The molecule has 1 aromatic carbocycles. The summed E-state index contributed by atoms with van der Waals surface area (Å²) in [6, 6.07) is 4.56. The van der Waals surface area contributed by atoms with E-state index in [1.165, 1.54) is 12.1 Å². The number of ether oxygens (including phenoxy) is 1. The van der Waals surface area contributed by atoms with Crippen molar-refractivity contribution in [3.8, 4) is 5.75 Å². The van der Waals surface area contributed by atoms with Crippen molar-refractivity contribution >= 4 is 18.3 Å². The molecule has 1 amide bonds. The molecule has 0 aliphatic carbocycles. The van der Waals surface area contributed by atoms with E-state index in [2.05, 4.69) is 10.6 Å². The predicted molar refractivity (Wildman–Crippen MR) is 80.3 cm³/mol. The highest BCUT2D eigenvalue weighted by molar-refractivity contribution is 5.85. The quantitative estimate of drug-likeness (QED) is 0.802. The van der Waals surface area contributed by atoms with Gasteiger partial charge in [-0.15, -0.1) is 12.4 Å². The predicted octanol–water partition coefficient (Wildman–Crippen LogP) is 2.62. The van der Waals surface area contributed by atoms with Gasteiger partial charge in [0.25, 0.3) is 5.91 Å². The highest BCUT2D eigenvalue weighted by atomic mass is 35.5. The zero-order valence-electron chi connectivity index (χ0n) is 12.4. The molecule has 0 spiro atoms. The Hall–Kier alpha value is -1.47. The highest BCUT2D eigenvalue weighted by Crippen LogP contribution is 2.31. The van der Waals surface area contributed by atoms with E-state index < -0.39 is 11.7 Å². The summed E-state index contributed by atoms with van der Waals surface area (Å²) in [7, 11) is 0. The molecule has 1 rings (SSSR count). The molecule has 0 aliphatic rings. The smallest absolute Gasteiger partial charge is 0.416 e. The lowest BCUT2D eigenvalue weighted by Crippen LogP contribution is -2.40. The molecule has 8 heteroatoms. The summed E-state index contributed by atoms with van der Waals surface area (Å²) in [6.45, 7) is 4.77. The van der Waals surface area contributed by atoms with E-state index in [1.54, 1.807) is 0 Å². The lowest BCUT2D eigenvalue weighted by atomic mass is 10.2. The first-order valence-corrected chi connectivity index (χ1v) is 6.63. The van der Waals surface area contributed by atoms with Crippen molar-refractivity contribution in [3.63, 3.8) is 0 Å². The summed E-state index contributed by atoms with van der Waals surface area (Å²) in [5, 5.41) is 5.75. The Kier molecular flexibility index (Phi) is 8.89. The van der Waals surface area contributed by atoms with Crippen molar-refractivity contribution in [3.05, 3.63) is 29.8 Å². The Bertz CT molecular complexity index is 470. The molecule has 1 atom stereocenters. The number of hydrogen-bond acceptors (Lipinski definition) is 3. The molecule has 0 aliphatic heterocycles. The van der Waals surface area contributed by atoms with E-state index >= 15 is 0 Å². The van der Waals surface area contributed by atoms with E-state index in [0.29, 0.717) is 6.54 Å². The SMILES string of the molecule is CCN[C@H](C)CNC(=O)COc1cccc(C(F)(F)F)c1.Cl. The van der Waals surface area contributed by atoms with Gasteiger partial charge in [0.2, 0.25) is 0 Å². The zero-order chi connectivity index (χ0) is 15.9. The number of carbonyl (C=O) groups excluding carboxylic acids is 1. The zero-order valence-corrected chi connectivity index (χ0v) is 13.2. The van der Waals surface area contributed by atoms with Crippen molar-refractivity contribution in [2.45, 2.75) is 26.1 Å². The fraction of sp³-hybridized carbons (Fsp3) is 0.500. The van der Waals surface area contributed by atoms with Crippen LogP contribution in [0.4, 0.5) is 13.2 Å². The monoisotopic (exact) mass is 340 g/mol. The standard InChI is InChI=1S/C14H19F3N2O2.ClH/c1-3-18-10(2)8-19-13(20)9-21-12-6-4-5-11(7-12)14(15,16)17;/h4-7,10,18H,3,8-9H2,1-2H3,(H,19,20);1H/t10-;/m1./s1. The second kappa shape index (κ2) is 9.53. The normalized spacial score (nSPS) is 12.2. The summed E-state index contributed by atoms with van der Waals surface area (Å²) >= 11 is 0. The van der Waals surface area contributed by atoms with E-state index in [-0.39, 0.29) is 36.7 Å². The van der Waals surface area contributed by atoms with E-state index in [9.17, 15) is 18.0 Å². The minimum absolute atomic E-state index is 0. The van der Waals surface area contributed by atoms with Gasteiger partial charge in [0.1, 0.15) is 5.75 Å². The second-order valence-electron chi connectivity index (χ2n) is 4.58. The van der Waals surface area contributed by atoms with Gasteiger partial charge in [-0.25, -0.2) is 0 Å². The van der Waals surface area contributed by atoms with Gasteiger partial charge < -0.3 is 15.4 Å². The van der Waals surface area contributed by atoms with Crippen LogP contribution in [0.5, 0.6) is 5.75 Å². The molecule has 22 heavy (non-hydrogen) atoms. The minimum Gasteiger partial charge on any atom is -0.484 e. The van der Waals surface area contributed by atoms with Gasteiger partial charge in [0, 0.05) is 12.6 Å². The summed E-state index contributed by atoms with van der Waals surface area (Å²) in [5.41, 5.74) is -0.804. The van der Waals surface area contributed by atoms with Crippen LogP contribution in [0.3, 0.4) is 0 Å². The van der Waals surface area contributed by atoms with Crippen LogP contribution >= 0.6 is 12.4 Å². The van der Waals surface area contributed by atoms with Crippen LogP contribution in [0, 0.1) is 0 Å². The minimum atomic E-state index is -4.43. The van der Waals surface area contributed by atoms with E-state index in [1.807, 2.05) is 13.8 Å². The van der Waals surface area contributed by atoms with Crippen molar-refractivity contribution < 1.29 is 22.7 Å². The first-order chi connectivity index (χ1) is 9.82. The molecular weight excluding hydrogens is 321 g/mol. The van der Waals surface area contributed by atoms with E-state index in [4.69, 9.17) is 4.74 Å². The van der Waals surface area contributed by atoms with Gasteiger partial charge in [-0.2, -0.15) is 13.2 Å². The number of likely N-dealkylation sites (N-methyl/N-ethyl adjacent to an activating group) is 1. The van der Waals surface area contributed by atoms with Gasteiger partial charge in [-0.3, -0.25) is 4.79 Å². The van der Waals surface area contributed by atoms with Crippen molar-refractivity contribution in [2.24, 2.45) is 0 Å². The average molecular weight is 341 g/mol. The maximum atomic E-state index is 12.5. The number of alkyl halides is 3. The van der Waals surface area contributed by atoms with Crippen LogP contribution in [0.15, 0.2) is 24.3 Å². The Morgan fingerprint density at radius 2 is 2.05 bits per heavy atom. The summed E-state index contributed by atoms with van der Waals surface area (Å²) in [4.78, 5) is 11.5. The average Bonchev–Trinajstić information content (AvgIpc) is 2.42. The number of halogens is 4. The van der Waals surface area contributed by atoms with Crippen molar-refractivity contribution in [1.82, 2.24) is 10.6 Å². The molecular formula is C14H20ClF3N2O2. The van der Waals surface area contributed by atoms with E-state index in [0.717, 1.165) is 18.7 Å². The lowest BCUT2D eigenvalue weighted by Gasteiger charge is -2.14. The number of benzene rings is 1. The molecule has 0 radical (unpaired) electrons. The molecule has 0 aromatic heterocycles. The lowest BCUT2D eigenvalue weighted by molar-refractivity contribution is -0.137. The first-order valence-electron chi connectivity index (χ1n) is 6.63. The van der Waals surface area contributed by atoms with Crippen LogP contribution < -0.4 is 15.4 Å². The fourth-order valence-electron chi connectivity index (χ4n) is 1.65. The summed E-state index contributed by atoms with van der Waals surface area (Å²) in [6.07, 6.45) is -4.43. The second-order valence-corrected chi connectivity index (χ2v) is 4.58. The van der Waals surface area contributed by atoms with Gasteiger partial charge in [0.15, 0.2) is 6.61 Å². The van der Waals surface area contributed by atoms with Crippen molar-refractivity contribution in [1.29, 1.82) is 0 Å². The molecule has 126 valence electrons. The molecule has 1 aromatic rings. The van der Waals surface area contributed by atoms with Gasteiger partial charge in [0.05, 0.1) is 5.56 Å². The largest absolute Gasteiger partial charge is 0.484 e. The molecule has 2 N–H and O–H groups in total. The van der Waals surface area contributed by atoms with Gasteiger partial charge in [-0.05, 0) is 31.7 Å². The maximum Gasteiger partial charge on any atom is 0.416 e. The summed E-state index contributed by atoms with van der Waals surface area (Å²) in [5.74, 6) is -0.364. The third-order valence-electron chi connectivity index (χ3n) is 2.69. The molecule has 0 bridgehead atoms. The van der Waals surface area contributed by atoms with Crippen LogP contribution in [-0.2, 0) is 11.0 Å². The molecule has 0 fully saturated rings. The fourth-order valence-corrected chi connectivity index (χ4v) is 1.65. The molecule has 0 saturated heterocycles.